The van der Waals surface area contributed by atoms with E-state index < -0.39 is 46.3 Å². The van der Waals surface area contributed by atoms with Crippen molar-refractivity contribution in [2.24, 2.45) is 5.16 Å². The second kappa shape index (κ2) is 10.4. The second-order valence-electron chi connectivity index (χ2n) is 8.22. The topological polar surface area (TPSA) is 217 Å². The molecule has 0 unspecified atom stereocenters. The third-order valence-corrected chi connectivity index (χ3v) is 9.85. The number of nitrogens with zero attached hydrogens (tertiary/aromatic N) is 3. The molecule has 1 saturated carbocycles. The van der Waals surface area contributed by atoms with Gasteiger partial charge in [-0.2, -0.15) is 0 Å². The van der Waals surface area contributed by atoms with E-state index in [4.69, 9.17) is 10.6 Å². The van der Waals surface area contributed by atoms with Crippen LogP contribution in [0.3, 0.4) is 0 Å². The summed E-state index contributed by atoms with van der Waals surface area (Å²) in [6.07, 6.45) is 1.55. The quantitative estimate of drug-likeness (QED) is 0.110. The predicted octanol–water partition coefficient (Wildman–Crippen LogP) is 0.587. The lowest BCUT2D eigenvalue weighted by atomic mass is 10.0. The molecular formula is C20H18N6O8S4. The van der Waals surface area contributed by atoms with Crippen molar-refractivity contribution in [1.82, 2.24) is 19.6 Å². The summed E-state index contributed by atoms with van der Waals surface area (Å²) >= 11 is 4.21. The number of anilines is 1. The lowest BCUT2D eigenvalue weighted by Crippen LogP contribution is -2.71. The number of β-lactam (4-membered cyclic amide) rings is 1. The van der Waals surface area contributed by atoms with Gasteiger partial charge in [-0.3, -0.25) is 23.7 Å². The van der Waals surface area contributed by atoms with Gasteiger partial charge >= 0.3 is 11.9 Å². The number of nitrogens with one attached hydrogen (secondary N) is 2. The minimum absolute atomic E-state index is 0.0524. The Morgan fingerprint density at radius 2 is 2.05 bits per heavy atom. The van der Waals surface area contributed by atoms with E-state index in [-0.39, 0.29) is 44.1 Å². The highest BCUT2D eigenvalue weighted by atomic mass is 32.2. The van der Waals surface area contributed by atoms with Gasteiger partial charge in [0.1, 0.15) is 28.9 Å². The third kappa shape index (κ3) is 5.03. The normalized spacial score (nSPS) is 21.1. The Morgan fingerprint density at radius 3 is 2.68 bits per heavy atom. The predicted molar refractivity (Wildman–Crippen MR) is 139 cm³/mol. The molecule has 0 radical (unpaired) electrons. The van der Waals surface area contributed by atoms with Gasteiger partial charge in [0.25, 0.3) is 17.4 Å². The molecule has 38 heavy (non-hydrogen) atoms. The van der Waals surface area contributed by atoms with Gasteiger partial charge in [-0.05, 0) is 18.4 Å². The number of carboxylic acids is 2. The number of fused-ring (bicyclic) bond motifs is 1. The van der Waals surface area contributed by atoms with Crippen molar-refractivity contribution in [2.75, 3.05) is 17.2 Å². The van der Waals surface area contributed by atoms with Gasteiger partial charge in [0.05, 0.1) is 4.21 Å². The number of nitrogen functional groups attached to an aromatic ring is 1. The first-order valence-electron chi connectivity index (χ1n) is 10.9. The molecule has 0 bridgehead atoms. The molecule has 0 aromatic carbocycles. The number of carboxylic acid groups (broad SMARTS) is 2. The number of carbonyl (C=O) groups excluding carboxylic acids is 2. The Hall–Kier alpha value is -3.35. The zero-order valence-electron chi connectivity index (χ0n) is 19.0. The largest absolute Gasteiger partial charge is 0.477 e. The molecule has 2 aromatic heterocycles. The molecule has 2 atom stereocenters. The number of aromatic carboxylic acids is 1. The SMILES string of the molecule is Nc1nc(/C(=N\OC2CC2)C(=O)N[C@@H]2C(=O)N3C(C(=O)O)=C(CSc4s[nH]c(=O)c4C(=O)O)CS[C@H]23)cs1. The molecule has 2 aromatic rings. The van der Waals surface area contributed by atoms with Crippen LogP contribution in [0, 0.1) is 0 Å². The van der Waals surface area contributed by atoms with E-state index >= 15 is 0 Å². The van der Waals surface area contributed by atoms with Crippen molar-refractivity contribution in [1.29, 1.82) is 0 Å². The Kier molecular flexibility index (Phi) is 7.21. The summed E-state index contributed by atoms with van der Waals surface area (Å²) in [5.74, 6) is -3.78. The van der Waals surface area contributed by atoms with Crippen molar-refractivity contribution < 1.29 is 34.2 Å². The number of thioether (sulfide) groups is 2. The highest BCUT2D eigenvalue weighted by Gasteiger charge is 2.54. The number of aromatic nitrogens is 2. The number of aliphatic carboxylic acids is 1. The monoisotopic (exact) mass is 598 g/mol. The van der Waals surface area contributed by atoms with Gasteiger partial charge in [-0.25, -0.2) is 14.6 Å². The first-order chi connectivity index (χ1) is 18.2. The summed E-state index contributed by atoms with van der Waals surface area (Å²) in [5.41, 5.74) is 4.76. The fourth-order valence-corrected chi connectivity index (χ4v) is 7.63. The molecule has 200 valence electrons. The molecule has 6 N–H and O–H groups in total. The smallest absolute Gasteiger partial charge is 0.352 e. The molecular weight excluding hydrogens is 581 g/mol. The van der Waals surface area contributed by atoms with Gasteiger partial charge in [0.2, 0.25) is 0 Å². The van der Waals surface area contributed by atoms with Gasteiger partial charge in [-0.15, -0.1) is 34.9 Å². The Morgan fingerprint density at radius 1 is 1.29 bits per heavy atom. The van der Waals surface area contributed by atoms with E-state index in [1.807, 2.05) is 0 Å². The van der Waals surface area contributed by atoms with E-state index in [0.29, 0.717) is 5.57 Å². The van der Waals surface area contributed by atoms with E-state index in [9.17, 15) is 34.2 Å². The second-order valence-corrected chi connectivity index (χ2v) is 12.3. The summed E-state index contributed by atoms with van der Waals surface area (Å²) < 4.78 is 2.56. The van der Waals surface area contributed by atoms with Crippen LogP contribution in [0.25, 0.3) is 0 Å². The number of oxime groups is 1. The van der Waals surface area contributed by atoms with Crippen LogP contribution >= 0.6 is 46.4 Å². The van der Waals surface area contributed by atoms with Crippen LogP contribution in [0.4, 0.5) is 5.13 Å². The van der Waals surface area contributed by atoms with Crippen molar-refractivity contribution in [3.05, 3.63) is 38.3 Å². The number of rotatable bonds is 10. The number of hydrogen-bond donors (Lipinski definition) is 5. The molecule has 2 amide bonds. The molecule has 14 nitrogen and oxygen atoms in total. The molecule has 1 saturated heterocycles. The number of carbonyl (C=O) groups is 4. The maximum absolute atomic E-state index is 13.1. The highest BCUT2D eigenvalue weighted by molar-refractivity contribution is 8.02. The molecule has 0 spiro atoms. The lowest BCUT2D eigenvalue weighted by Gasteiger charge is -2.49. The summed E-state index contributed by atoms with van der Waals surface area (Å²) in [6, 6.07) is -1.01. The maximum Gasteiger partial charge on any atom is 0.352 e. The van der Waals surface area contributed by atoms with Crippen molar-refractivity contribution in [3.8, 4) is 0 Å². The summed E-state index contributed by atoms with van der Waals surface area (Å²) in [5, 5.41) is 26.8. The third-order valence-electron chi connectivity index (χ3n) is 5.59. The van der Waals surface area contributed by atoms with Crippen LogP contribution in [-0.2, 0) is 19.2 Å². The lowest BCUT2D eigenvalue weighted by molar-refractivity contribution is -0.150. The minimum atomic E-state index is -1.39. The van der Waals surface area contributed by atoms with E-state index in [2.05, 4.69) is 19.8 Å². The number of hydrogen-bond acceptors (Lipinski definition) is 13. The zero-order chi connectivity index (χ0) is 27.1. The molecule has 1 aliphatic carbocycles. The van der Waals surface area contributed by atoms with Crippen molar-refractivity contribution >= 4 is 81.0 Å². The summed E-state index contributed by atoms with van der Waals surface area (Å²) in [4.78, 5) is 71.8. The van der Waals surface area contributed by atoms with Crippen LogP contribution in [0.2, 0.25) is 0 Å². The molecule has 2 aliphatic heterocycles. The van der Waals surface area contributed by atoms with Crippen LogP contribution in [-0.4, -0.2) is 83.0 Å². The molecule has 3 aliphatic rings. The zero-order valence-corrected chi connectivity index (χ0v) is 22.3. The number of H-pyrrole nitrogens is 1. The highest BCUT2D eigenvalue weighted by Crippen LogP contribution is 2.42. The number of amides is 2. The first-order valence-corrected chi connectivity index (χ1v) is 14.6. The average Bonchev–Trinajstić information content (AvgIpc) is 3.48. The Bertz CT molecular complexity index is 1460. The number of thiazole rings is 1. The van der Waals surface area contributed by atoms with Gasteiger partial charge < -0.3 is 26.1 Å². The van der Waals surface area contributed by atoms with Crippen LogP contribution < -0.4 is 16.6 Å². The fraction of sp³-hybridized carbons (Fsp3) is 0.350. The molecule has 2 fully saturated rings. The molecule has 4 heterocycles. The summed E-state index contributed by atoms with van der Waals surface area (Å²) in [6.45, 7) is 0. The van der Waals surface area contributed by atoms with Crippen LogP contribution in [0.15, 0.2) is 30.8 Å². The minimum Gasteiger partial charge on any atom is -0.477 e. The standard InChI is InChI=1S/C20H18N6O8S4/c21-20-22-8(5-37-20)10(24-34-7-1-2-7)14(28)23-11-15(29)26-12(18(32)33)6(3-35-16(11)26)4-36-19-9(17(30)31)13(27)25-38-19/h5,7,11,16H,1-4H2,(H2,21,22)(H,23,28)(H,25,27)(H,30,31)(H,32,33)/b24-10+/t11-,16-/m1/s1. The van der Waals surface area contributed by atoms with Crippen LogP contribution in [0.5, 0.6) is 0 Å². The van der Waals surface area contributed by atoms with Crippen molar-refractivity contribution in [3.63, 3.8) is 0 Å². The van der Waals surface area contributed by atoms with Crippen molar-refractivity contribution in [2.45, 2.75) is 34.6 Å². The van der Waals surface area contributed by atoms with Gasteiger partial charge in [0, 0.05) is 16.9 Å². The first kappa shape index (κ1) is 26.3. The molecule has 18 heteroatoms. The van der Waals surface area contributed by atoms with Gasteiger partial charge in [0.15, 0.2) is 16.4 Å². The van der Waals surface area contributed by atoms with Gasteiger partial charge in [-0.1, -0.05) is 16.7 Å². The number of nitrogens with two attached hydrogens (primary N) is 1. The molecule has 5 rings (SSSR count). The Labute approximate surface area is 229 Å². The Balaban J connectivity index is 1.31. The van der Waals surface area contributed by atoms with E-state index in [1.165, 1.54) is 11.8 Å². The maximum atomic E-state index is 13.1. The summed E-state index contributed by atoms with van der Waals surface area (Å²) in [7, 11) is 0. The van der Waals surface area contributed by atoms with E-state index in [1.54, 1.807) is 5.38 Å². The fourth-order valence-electron chi connectivity index (χ4n) is 3.63. The van der Waals surface area contributed by atoms with E-state index in [0.717, 1.165) is 52.4 Å². The van der Waals surface area contributed by atoms with Crippen LogP contribution in [0.1, 0.15) is 28.9 Å². The number of aromatic amines is 1. The average molecular weight is 599 g/mol.